The van der Waals surface area contributed by atoms with Crippen LogP contribution in [0.15, 0.2) is 93.3 Å². The minimum Gasteiger partial charge on any atom is -0.325 e. The molecule has 2 aromatic heterocycles. The molecule has 1 amide bonds. The van der Waals surface area contributed by atoms with Crippen molar-refractivity contribution in [3.63, 3.8) is 0 Å². The molecule has 0 saturated heterocycles. The van der Waals surface area contributed by atoms with Crippen LogP contribution in [0.2, 0.25) is 0 Å². The molecule has 0 saturated carbocycles. The molecule has 8 heteroatoms. The molecule has 0 bridgehead atoms. The normalized spacial score (nSPS) is 10.7. The summed E-state index contributed by atoms with van der Waals surface area (Å²) in [7, 11) is 0. The number of hydrogen-bond acceptors (Lipinski definition) is 6. The van der Waals surface area contributed by atoms with Crippen LogP contribution in [0.4, 0.5) is 5.69 Å². The van der Waals surface area contributed by atoms with E-state index in [1.54, 1.807) is 36.2 Å². The first-order valence-corrected chi connectivity index (χ1v) is 10.2. The molecule has 1 N–H and O–H groups in total. The first-order chi connectivity index (χ1) is 14.7. The van der Waals surface area contributed by atoms with E-state index in [4.69, 9.17) is 4.52 Å². The van der Waals surface area contributed by atoms with Crippen molar-refractivity contribution in [2.45, 2.75) is 17.3 Å². The summed E-state index contributed by atoms with van der Waals surface area (Å²) in [6.45, 7) is -0.195. The molecule has 0 aliphatic heterocycles. The highest BCUT2D eigenvalue weighted by Crippen LogP contribution is 2.22. The summed E-state index contributed by atoms with van der Waals surface area (Å²) in [5, 5.41) is 7.57. The molecule has 4 rings (SSSR count). The zero-order valence-corrected chi connectivity index (χ0v) is 16.7. The van der Waals surface area contributed by atoms with E-state index in [-0.39, 0.29) is 12.5 Å². The van der Waals surface area contributed by atoms with Crippen LogP contribution in [0, 0.1) is 0 Å². The Morgan fingerprint density at radius 2 is 1.87 bits per heavy atom. The molecule has 150 valence electrons. The average Bonchev–Trinajstić information content (AvgIpc) is 3.14. The number of anilines is 1. The summed E-state index contributed by atoms with van der Waals surface area (Å²) in [6.07, 6.45) is 1.76. The van der Waals surface area contributed by atoms with Crippen LogP contribution < -0.4 is 11.1 Å². The number of aromatic nitrogens is 3. The van der Waals surface area contributed by atoms with Crippen LogP contribution in [0.5, 0.6) is 0 Å². The molecule has 30 heavy (non-hydrogen) atoms. The van der Waals surface area contributed by atoms with E-state index in [0.717, 1.165) is 16.3 Å². The van der Waals surface area contributed by atoms with E-state index in [2.05, 4.69) is 15.5 Å². The highest BCUT2D eigenvalue weighted by molar-refractivity contribution is 7.98. The second-order valence-corrected chi connectivity index (χ2v) is 7.43. The van der Waals surface area contributed by atoms with Crippen LogP contribution in [-0.2, 0) is 17.1 Å². The number of thioether (sulfide) groups is 1. The summed E-state index contributed by atoms with van der Waals surface area (Å²) in [5.74, 6) is 0.0251. The minimum absolute atomic E-state index is 0.195. The number of hydrogen-bond donors (Lipinski definition) is 1. The van der Waals surface area contributed by atoms with E-state index < -0.39 is 5.76 Å². The third-order valence-electron chi connectivity index (χ3n) is 4.26. The zero-order chi connectivity index (χ0) is 20.8. The van der Waals surface area contributed by atoms with Crippen LogP contribution in [-0.4, -0.2) is 20.6 Å². The maximum Gasteiger partial charge on any atom is 0.442 e. The standard InChI is InChI=1S/C22H18N4O3S/c27-19(14-26-21(25-29-22(26)28)17-8-2-1-3-9-17)24-18-10-6-7-16(13-18)15-30-20-11-4-5-12-23-20/h1-13H,14-15H2,(H,24,27). The SMILES string of the molecule is O=C(Cn1c(-c2ccccc2)noc1=O)Nc1cccc(CSc2ccccn2)c1. The van der Waals surface area contributed by atoms with Gasteiger partial charge in [-0.05, 0) is 29.8 Å². The third-order valence-corrected chi connectivity index (χ3v) is 5.27. The number of benzene rings is 2. The van der Waals surface area contributed by atoms with Gasteiger partial charge < -0.3 is 5.32 Å². The van der Waals surface area contributed by atoms with Crippen LogP contribution in [0.3, 0.4) is 0 Å². The number of carbonyl (C=O) groups excluding carboxylic acids is 1. The Hall–Kier alpha value is -3.65. The van der Waals surface area contributed by atoms with E-state index in [0.29, 0.717) is 17.1 Å². The molecular formula is C22H18N4O3S. The average molecular weight is 418 g/mol. The van der Waals surface area contributed by atoms with Crippen molar-refractivity contribution in [1.82, 2.24) is 14.7 Å². The van der Waals surface area contributed by atoms with Gasteiger partial charge in [0, 0.05) is 23.2 Å². The Balaban J connectivity index is 1.43. The van der Waals surface area contributed by atoms with Gasteiger partial charge in [-0.1, -0.05) is 53.7 Å². The fourth-order valence-corrected chi connectivity index (χ4v) is 3.68. The molecule has 0 atom stereocenters. The number of carbonyl (C=O) groups is 1. The lowest BCUT2D eigenvalue weighted by molar-refractivity contribution is -0.116. The van der Waals surface area contributed by atoms with E-state index in [1.807, 2.05) is 54.6 Å². The fourth-order valence-electron chi connectivity index (χ4n) is 2.88. The van der Waals surface area contributed by atoms with Gasteiger partial charge in [-0.25, -0.2) is 14.3 Å². The molecule has 0 unspecified atom stereocenters. The van der Waals surface area contributed by atoms with Gasteiger partial charge in [0.2, 0.25) is 5.91 Å². The van der Waals surface area contributed by atoms with Crippen LogP contribution in [0.1, 0.15) is 5.56 Å². The molecule has 2 aromatic carbocycles. The summed E-state index contributed by atoms with van der Waals surface area (Å²) in [5.41, 5.74) is 2.41. The molecule has 4 aromatic rings. The number of nitrogens with zero attached hydrogens (tertiary/aromatic N) is 3. The van der Waals surface area contributed by atoms with E-state index >= 15 is 0 Å². The Morgan fingerprint density at radius 3 is 2.67 bits per heavy atom. The van der Waals surface area contributed by atoms with Crippen LogP contribution >= 0.6 is 11.8 Å². The van der Waals surface area contributed by atoms with Gasteiger partial charge in [-0.2, -0.15) is 0 Å². The molecule has 0 aliphatic rings. The fraction of sp³-hybridized carbons (Fsp3) is 0.0909. The lowest BCUT2D eigenvalue weighted by Crippen LogP contribution is -2.25. The summed E-state index contributed by atoms with van der Waals surface area (Å²) < 4.78 is 5.98. The number of amides is 1. The second kappa shape index (κ2) is 9.23. The van der Waals surface area contributed by atoms with Gasteiger partial charge in [0.15, 0.2) is 5.82 Å². The van der Waals surface area contributed by atoms with Gasteiger partial charge >= 0.3 is 5.76 Å². The Labute approximate surface area is 176 Å². The van der Waals surface area contributed by atoms with Gasteiger partial charge in [0.05, 0.1) is 5.03 Å². The first-order valence-electron chi connectivity index (χ1n) is 9.23. The number of rotatable bonds is 7. The summed E-state index contributed by atoms with van der Waals surface area (Å²) in [4.78, 5) is 28.9. The second-order valence-electron chi connectivity index (χ2n) is 6.43. The highest BCUT2D eigenvalue weighted by atomic mass is 32.2. The van der Waals surface area contributed by atoms with Crippen molar-refractivity contribution >= 4 is 23.4 Å². The monoisotopic (exact) mass is 418 g/mol. The van der Waals surface area contributed by atoms with Crippen molar-refractivity contribution in [2.75, 3.05) is 5.32 Å². The molecule has 0 radical (unpaired) electrons. The van der Waals surface area contributed by atoms with E-state index in [9.17, 15) is 9.59 Å². The van der Waals surface area contributed by atoms with Gasteiger partial charge in [-0.3, -0.25) is 9.32 Å². The Morgan fingerprint density at radius 1 is 1.03 bits per heavy atom. The number of nitrogens with one attached hydrogen (secondary N) is 1. The van der Waals surface area contributed by atoms with Gasteiger partial charge in [0.1, 0.15) is 6.54 Å². The molecular weight excluding hydrogens is 400 g/mol. The Kier molecular flexibility index (Phi) is 6.05. The van der Waals surface area contributed by atoms with E-state index in [1.165, 1.54) is 4.57 Å². The zero-order valence-electron chi connectivity index (χ0n) is 15.9. The van der Waals surface area contributed by atoms with Crippen molar-refractivity contribution in [3.8, 4) is 11.4 Å². The smallest absolute Gasteiger partial charge is 0.325 e. The maximum absolute atomic E-state index is 12.6. The van der Waals surface area contributed by atoms with Gasteiger partial charge in [-0.15, -0.1) is 11.8 Å². The minimum atomic E-state index is -0.676. The number of pyridine rings is 1. The highest BCUT2D eigenvalue weighted by Gasteiger charge is 2.16. The first kappa shape index (κ1) is 19.7. The molecule has 2 heterocycles. The van der Waals surface area contributed by atoms with Gasteiger partial charge in [0.25, 0.3) is 0 Å². The van der Waals surface area contributed by atoms with Crippen molar-refractivity contribution in [1.29, 1.82) is 0 Å². The topological polar surface area (TPSA) is 90.0 Å². The molecule has 0 aliphatic carbocycles. The lowest BCUT2D eigenvalue weighted by atomic mass is 10.2. The molecule has 0 spiro atoms. The molecule has 7 nitrogen and oxygen atoms in total. The van der Waals surface area contributed by atoms with Crippen molar-refractivity contribution in [2.24, 2.45) is 0 Å². The largest absolute Gasteiger partial charge is 0.442 e. The third kappa shape index (κ3) is 4.84. The Bertz CT molecular complexity index is 1190. The quantitative estimate of drug-likeness (QED) is 0.459. The van der Waals surface area contributed by atoms with Crippen molar-refractivity contribution in [3.05, 3.63) is 95.1 Å². The summed E-state index contributed by atoms with van der Waals surface area (Å²) in [6, 6.07) is 22.5. The maximum atomic E-state index is 12.6. The summed E-state index contributed by atoms with van der Waals surface area (Å²) >= 11 is 1.62. The predicted octanol–water partition coefficient (Wildman–Crippen LogP) is 3.83. The molecule has 0 fully saturated rings. The lowest BCUT2D eigenvalue weighted by Gasteiger charge is -2.08. The predicted molar refractivity (Wildman–Crippen MR) is 115 cm³/mol. The van der Waals surface area contributed by atoms with Crippen LogP contribution in [0.25, 0.3) is 11.4 Å². The van der Waals surface area contributed by atoms with Crippen molar-refractivity contribution < 1.29 is 9.32 Å².